The molecule has 20 heavy (non-hydrogen) atoms. The lowest BCUT2D eigenvalue weighted by atomic mass is 9.98. The minimum atomic E-state index is -4.40. The third kappa shape index (κ3) is 2.95. The Labute approximate surface area is 114 Å². The molecule has 1 heterocycles. The first-order valence-electron chi connectivity index (χ1n) is 6.15. The lowest BCUT2D eigenvalue weighted by Gasteiger charge is -2.21. The molecule has 0 amide bonds. The van der Waals surface area contributed by atoms with E-state index in [-0.39, 0.29) is 0 Å². The number of hydrogen-bond donors (Lipinski definition) is 1. The van der Waals surface area contributed by atoms with E-state index >= 15 is 0 Å². The number of carboxylic acids is 1. The SMILES string of the molecule is CN1CCCC(=CC(=O)O)c2ccc(C(F)(F)F)cc21. The Balaban J connectivity index is 2.57. The van der Waals surface area contributed by atoms with Gasteiger partial charge in [-0.15, -0.1) is 0 Å². The van der Waals surface area contributed by atoms with Gasteiger partial charge in [-0.3, -0.25) is 0 Å². The van der Waals surface area contributed by atoms with Gasteiger partial charge in [0.2, 0.25) is 0 Å². The molecular formula is C14H14F3NO2. The second-order valence-corrected chi connectivity index (χ2v) is 4.76. The average Bonchev–Trinajstić information content (AvgIpc) is 2.48. The number of allylic oxidation sites excluding steroid dienone is 1. The Morgan fingerprint density at radius 2 is 2.10 bits per heavy atom. The first-order chi connectivity index (χ1) is 9.29. The van der Waals surface area contributed by atoms with Crippen molar-refractivity contribution < 1.29 is 23.1 Å². The van der Waals surface area contributed by atoms with Crippen LogP contribution in [0.3, 0.4) is 0 Å². The Kier molecular flexibility index (Phi) is 3.74. The number of fused-ring (bicyclic) bond motifs is 1. The van der Waals surface area contributed by atoms with Crippen molar-refractivity contribution in [1.82, 2.24) is 0 Å². The van der Waals surface area contributed by atoms with Crippen LogP contribution in [0, 0.1) is 0 Å². The maximum atomic E-state index is 12.8. The number of anilines is 1. The van der Waals surface area contributed by atoms with Crippen molar-refractivity contribution in [1.29, 1.82) is 0 Å². The Morgan fingerprint density at radius 1 is 1.40 bits per heavy atom. The maximum absolute atomic E-state index is 12.8. The van der Waals surface area contributed by atoms with Gasteiger partial charge in [0.05, 0.1) is 5.56 Å². The number of aliphatic carboxylic acids is 1. The van der Waals surface area contributed by atoms with Crippen LogP contribution in [0.4, 0.5) is 18.9 Å². The molecule has 0 bridgehead atoms. The fraction of sp³-hybridized carbons (Fsp3) is 0.357. The predicted molar refractivity (Wildman–Crippen MR) is 69.6 cm³/mol. The van der Waals surface area contributed by atoms with Gasteiger partial charge in [0.1, 0.15) is 0 Å². The van der Waals surface area contributed by atoms with Crippen molar-refractivity contribution in [3.63, 3.8) is 0 Å². The largest absolute Gasteiger partial charge is 0.478 e. The fourth-order valence-electron chi connectivity index (χ4n) is 2.36. The predicted octanol–water partition coefficient (Wildman–Crippen LogP) is 3.40. The molecular weight excluding hydrogens is 271 g/mol. The van der Waals surface area contributed by atoms with E-state index in [0.29, 0.717) is 36.2 Å². The van der Waals surface area contributed by atoms with Crippen molar-refractivity contribution in [3.05, 3.63) is 35.4 Å². The third-order valence-corrected chi connectivity index (χ3v) is 3.32. The molecule has 1 aromatic carbocycles. The molecule has 0 aliphatic carbocycles. The van der Waals surface area contributed by atoms with Gasteiger partial charge in [-0.2, -0.15) is 13.2 Å². The Hall–Kier alpha value is -1.98. The normalized spacial score (nSPS) is 17.8. The van der Waals surface area contributed by atoms with Gasteiger partial charge in [0.25, 0.3) is 0 Å². The molecule has 2 rings (SSSR count). The van der Waals surface area contributed by atoms with Crippen LogP contribution in [-0.4, -0.2) is 24.7 Å². The van der Waals surface area contributed by atoms with Crippen molar-refractivity contribution in [2.45, 2.75) is 19.0 Å². The molecule has 1 aliphatic heterocycles. The van der Waals surface area contributed by atoms with E-state index in [0.717, 1.165) is 18.2 Å². The number of benzene rings is 1. The van der Waals surface area contributed by atoms with Crippen LogP contribution in [-0.2, 0) is 11.0 Å². The van der Waals surface area contributed by atoms with Crippen LogP contribution in [0.5, 0.6) is 0 Å². The summed E-state index contributed by atoms with van der Waals surface area (Å²) in [5.74, 6) is -1.09. The molecule has 0 fully saturated rings. The quantitative estimate of drug-likeness (QED) is 0.804. The summed E-state index contributed by atoms with van der Waals surface area (Å²) in [6.45, 7) is 0.589. The zero-order valence-electron chi connectivity index (χ0n) is 10.9. The lowest BCUT2D eigenvalue weighted by molar-refractivity contribution is -0.137. The molecule has 1 aromatic rings. The summed E-state index contributed by atoms with van der Waals surface area (Å²) in [5.41, 5.74) is 0.815. The minimum Gasteiger partial charge on any atom is -0.478 e. The van der Waals surface area contributed by atoms with E-state index in [2.05, 4.69) is 0 Å². The van der Waals surface area contributed by atoms with E-state index in [1.165, 1.54) is 6.07 Å². The number of hydrogen-bond acceptors (Lipinski definition) is 2. The molecule has 0 aromatic heterocycles. The lowest BCUT2D eigenvalue weighted by Crippen LogP contribution is -2.18. The molecule has 0 spiro atoms. The molecule has 6 heteroatoms. The number of carboxylic acid groups (broad SMARTS) is 1. The first kappa shape index (κ1) is 14.4. The molecule has 1 N–H and O–H groups in total. The van der Waals surface area contributed by atoms with E-state index in [1.54, 1.807) is 11.9 Å². The standard InChI is InChI=1S/C14H14F3NO2/c1-18-6-2-3-9(7-13(19)20)11-5-4-10(8-12(11)18)14(15,16)17/h4-5,7-8H,2-3,6H2,1H3,(H,19,20). The first-order valence-corrected chi connectivity index (χ1v) is 6.15. The zero-order chi connectivity index (χ0) is 14.9. The van der Waals surface area contributed by atoms with Crippen molar-refractivity contribution in [2.24, 2.45) is 0 Å². The van der Waals surface area contributed by atoms with Gasteiger partial charge in [-0.1, -0.05) is 6.07 Å². The molecule has 1 aliphatic rings. The van der Waals surface area contributed by atoms with E-state index in [4.69, 9.17) is 5.11 Å². The molecule has 3 nitrogen and oxygen atoms in total. The smallest absolute Gasteiger partial charge is 0.416 e. The summed E-state index contributed by atoms with van der Waals surface area (Å²) in [6, 6.07) is 3.43. The summed E-state index contributed by atoms with van der Waals surface area (Å²) in [4.78, 5) is 12.6. The van der Waals surface area contributed by atoms with Gasteiger partial charge < -0.3 is 10.0 Å². The van der Waals surface area contributed by atoms with Crippen molar-refractivity contribution in [3.8, 4) is 0 Å². The summed E-state index contributed by atoms with van der Waals surface area (Å²) >= 11 is 0. The minimum absolute atomic E-state index is 0.421. The van der Waals surface area contributed by atoms with Gasteiger partial charge >= 0.3 is 12.1 Å². The van der Waals surface area contributed by atoms with Crippen LogP contribution < -0.4 is 4.90 Å². The van der Waals surface area contributed by atoms with Gasteiger partial charge in [0, 0.05) is 30.9 Å². The number of alkyl halides is 3. The highest BCUT2D eigenvalue weighted by Gasteiger charge is 2.32. The zero-order valence-corrected chi connectivity index (χ0v) is 10.9. The number of carbonyl (C=O) groups is 1. The monoisotopic (exact) mass is 285 g/mol. The van der Waals surface area contributed by atoms with Crippen LogP contribution in [0.1, 0.15) is 24.0 Å². The highest BCUT2D eigenvalue weighted by atomic mass is 19.4. The maximum Gasteiger partial charge on any atom is 0.416 e. The van der Waals surface area contributed by atoms with Crippen LogP contribution in [0.2, 0.25) is 0 Å². The summed E-state index contributed by atoms with van der Waals surface area (Å²) in [5, 5.41) is 8.86. The number of nitrogens with zero attached hydrogens (tertiary/aromatic N) is 1. The van der Waals surface area contributed by atoms with Gasteiger partial charge in [0.15, 0.2) is 0 Å². The molecule has 108 valence electrons. The van der Waals surface area contributed by atoms with Crippen molar-refractivity contribution in [2.75, 3.05) is 18.5 Å². The Bertz CT molecular complexity index is 564. The second kappa shape index (κ2) is 5.19. The third-order valence-electron chi connectivity index (χ3n) is 3.32. The summed E-state index contributed by atoms with van der Waals surface area (Å²) in [6.07, 6.45) is -2.09. The highest BCUT2D eigenvalue weighted by Crippen LogP contribution is 2.38. The Morgan fingerprint density at radius 3 is 2.70 bits per heavy atom. The second-order valence-electron chi connectivity index (χ2n) is 4.76. The number of rotatable bonds is 1. The molecule has 0 atom stereocenters. The molecule has 0 saturated heterocycles. The van der Waals surface area contributed by atoms with Crippen LogP contribution in [0.15, 0.2) is 24.3 Å². The average molecular weight is 285 g/mol. The van der Waals surface area contributed by atoms with E-state index in [9.17, 15) is 18.0 Å². The van der Waals surface area contributed by atoms with E-state index in [1.807, 2.05) is 0 Å². The van der Waals surface area contributed by atoms with Crippen LogP contribution >= 0.6 is 0 Å². The number of halogens is 3. The fourth-order valence-corrected chi connectivity index (χ4v) is 2.36. The highest BCUT2D eigenvalue weighted by molar-refractivity contribution is 5.92. The summed E-state index contributed by atoms with van der Waals surface area (Å²) < 4.78 is 38.3. The molecule has 0 saturated carbocycles. The molecule has 0 unspecified atom stereocenters. The van der Waals surface area contributed by atoms with E-state index < -0.39 is 17.7 Å². The van der Waals surface area contributed by atoms with Gasteiger partial charge in [-0.25, -0.2) is 4.79 Å². The van der Waals surface area contributed by atoms with Crippen LogP contribution in [0.25, 0.3) is 5.57 Å². The van der Waals surface area contributed by atoms with Crippen molar-refractivity contribution >= 4 is 17.2 Å². The topological polar surface area (TPSA) is 40.5 Å². The van der Waals surface area contributed by atoms with Gasteiger partial charge in [-0.05, 0) is 30.5 Å². The molecule has 0 radical (unpaired) electrons. The summed E-state index contributed by atoms with van der Waals surface area (Å²) in [7, 11) is 1.71.